The third-order valence-corrected chi connectivity index (χ3v) is 3.31. The SMILES string of the molecule is CCCCOCC(O)CN1CCCOC(CC)C1. The molecule has 2 unspecified atom stereocenters. The normalized spacial score (nSPS) is 23.8. The van der Waals surface area contributed by atoms with E-state index in [0.717, 1.165) is 52.0 Å². The highest BCUT2D eigenvalue weighted by Crippen LogP contribution is 2.09. The average molecular weight is 259 g/mol. The number of hydrogen-bond acceptors (Lipinski definition) is 4. The Labute approximate surface area is 111 Å². The minimum atomic E-state index is -0.377. The summed E-state index contributed by atoms with van der Waals surface area (Å²) in [6.45, 7) is 9.00. The van der Waals surface area contributed by atoms with Gasteiger partial charge >= 0.3 is 0 Å². The molecule has 1 aliphatic heterocycles. The zero-order valence-electron chi connectivity index (χ0n) is 11.9. The van der Waals surface area contributed by atoms with Crippen molar-refractivity contribution in [1.82, 2.24) is 4.90 Å². The average Bonchev–Trinajstić information content (AvgIpc) is 2.60. The minimum absolute atomic E-state index is 0.320. The van der Waals surface area contributed by atoms with Crippen molar-refractivity contribution in [2.24, 2.45) is 0 Å². The van der Waals surface area contributed by atoms with E-state index in [0.29, 0.717) is 19.3 Å². The first kappa shape index (κ1) is 15.9. The van der Waals surface area contributed by atoms with E-state index in [1.165, 1.54) is 0 Å². The van der Waals surface area contributed by atoms with Gasteiger partial charge in [0.2, 0.25) is 0 Å². The Balaban J connectivity index is 2.18. The van der Waals surface area contributed by atoms with Crippen LogP contribution in [-0.4, -0.2) is 61.7 Å². The lowest BCUT2D eigenvalue weighted by molar-refractivity contribution is 0.00708. The van der Waals surface area contributed by atoms with Crippen LogP contribution in [0.5, 0.6) is 0 Å². The molecule has 2 atom stereocenters. The monoisotopic (exact) mass is 259 g/mol. The Bertz CT molecular complexity index is 201. The molecule has 0 bridgehead atoms. The van der Waals surface area contributed by atoms with E-state index in [1.807, 2.05) is 0 Å². The van der Waals surface area contributed by atoms with Crippen molar-refractivity contribution in [3.63, 3.8) is 0 Å². The number of aliphatic hydroxyl groups is 1. The number of hydrogen-bond donors (Lipinski definition) is 1. The van der Waals surface area contributed by atoms with Crippen molar-refractivity contribution in [1.29, 1.82) is 0 Å². The molecule has 18 heavy (non-hydrogen) atoms. The maximum Gasteiger partial charge on any atom is 0.0900 e. The Kier molecular flexibility index (Phi) is 8.59. The first-order valence-electron chi connectivity index (χ1n) is 7.36. The van der Waals surface area contributed by atoms with Crippen LogP contribution in [0.15, 0.2) is 0 Å². The van der Waals surface area contributed by atoms with E-state index >= 15 is 0 Å². The lowest BCUT2D eigenvalue weighted by atomic mass is 10.2. The van der Waals surface area contributed by atoms with Gasteiger partial charge in [-0.05, 0) is 19.3 Å². The number of ether oxygens (including phenoxy) is 2. The molecule has 0 radical (unpaired) electrons. The van der Waals surface area contributed by atoms with Crippen LogP contribution in [0, 0.1) is 0 Å². The molecule has 1 N–H and O–H groups in total. The summed E-state index contributed by atoms with van der Waals surface area (Å²) in [7, 11) is 0. The van der Waals surface area contributed by atoms with Crippen molar-refractivity contribution in [3.05, 3.63) is 0 Å². The molecule has 0 aromatic rings. The van der Waals surface area contributed by atoms with Crippen molar-refractivity contribution < 1.29 is 14.6 Å². The largest absolute Gasteiger partial charge is 0.389 e. The fourth-order valence-corrected chi connectivity index (χ4v) is 2.20. The van der Waals surface area contributed by atoms with Crippen LogP contribution in [0.3, 0.4) is 0 Å². The van der Waals surface area contributed by atoms with Gasteiger partial charge in [0, 0.05) is 32.8 Å². The molecule has 1 heterocycles. The van der Waals surface area contributed by atoms with E-state index in [1.54, 1.807) is 0 Å². The van der Waals surface area contributed by atoms with Crippen molar-refractivity contribution in [2.45, 2.75) is 51.7 Å². The van der Waals surface area contributed by atoms with Crippen molar-refractivity contribution in [3.8, 4) is 0 Å². The molecule has 0 aromatic carbocycles. The molecule has 0 saturated carbocycles. The Morgan fingerprint density at radius 3 is 3.00 bits per heavy atom. The quantitative estimate of drug-likeness (QED) is 0.673. The van der Waals surface area contributed by atoms with Crippen LogP contribution >= 0.6 is 0 Å². The summed E-state index contributed by atoms with van der Waals surface area (Å²) in [5.41, 5.74) is 0. The van der Waals surface area contributed by atoms with Crippen LogP contribution in [-0.2, 0) is 9.47 Å². The molecule has 108 valence electrons. The standard InChI is InChI=1S/C14H29NO3/c1-3-5-8-17-12-13(16)10-15-7-6-9-18-14(4-2)11-15/h13-14,16H,3-12H2,1-2H3. The third-order valence-electron chi connectivity index (χ3n) is 3.31. The van der Waals surface area contributed by atoms with Crippen LogP contribution in [0.2, 0.25) is 0 Å². The van der Waals surface area contributed by atoms with Gasteiger partial charge in [0.25, 0.3) is 0 Å². The Morgan fingerprint density at radius 1 is 1.44 bits per heavy atom. The van der Waals surface area contributed by atoms with Crippen LogP contribution in [0.4, 0.5) is 0 Å². The van der Waals surface area contributed by atoms with Gasteiger partial charge in [-0.15, -0.1) is 0 Å². The second-order valence-corrected chi connectivity index (χ2v) is 5.10. The van der Waals surface area contributed by atoms with Crippen molar-refractivity contribution in [2.75, 3.05) is 39.5 Å². The maximum absolute atomic E-state index is 9.94. The Hall–Kier alpha value is -0.160. The second kappa shape index (κ2) is 9.73. The van der Waals surface area contributed by atoms with Gasteiger partial charge < -0.3 is 14.6 Å². The molecule has 4 nitrogen and oxygen atoms in total. The summed E-state index contributed by atoms with van der Waals surface area (Å²) in [6.07, 6.45) is 4.25. The van der Waals surface area contributed by atoms with E-state index in [4.69, 9.17) is 9.47 Å². The molecule has 0 amide bonds. The first-order chi connectivity index (χ1) is 8.76. The summed E-state index contributed by atoms with van der Waals surface area (Å²) in [5, 5.41) is 9.94. The molecular formula is C14H29NO3. The molecule has 1 rings (SSSR count). The van der Waals surface area contributed by atoms with E-state index < -0.39 is 0 Å². The van der Waals surface area contributed by atoms with Crippen LogP contribution < -0.4 is 0 Å². The highest BCUT2D eigenvalue weighted by atomic mass is 16.5. The van der Waals surface area contributed by atoms with Gasteiger partial charge in [-0.3, -0.25) is 4.90 Å². The number of rotatable bonds is 8. The smallest absolute Gasteiger partial charge is 0.0900 e. The molecule has 0 aromatic heterocycles. The topological polar surface area (TPSA) is 41.9 Å². The highest BCUT2D eigenvalue weighted by molar-refractivity contribution is 4.71. The zero-order valence-corrected chi connectivity index (χ0v) is 11.9. The summed E-state index contributed by atoms with van der Waals surface area (Å²) in [6, 6.07) is 0. The van der Waals surface area contributed by atoms with Gasteiger partial charge in [-0.2, -0.15) is 0 Å². The van der Waals surface area contributed by atoms with Crippen LogP contribution in [0.25, 0.3) is 0 Å². The van der Waals surface area contributed by atoms with Crippen molar-refractivity contribution >= 4 is 0 Å². The first-order valence-corrected chi connectivity index (χ1v) is 7.36. The fourth-order valence-electron chi connectivity index (χ4n) is 2.20. The maximum atomic E-state index is 9.94. The van der Waals surface area contributed by atoms with Gasteiger partial charge in [0.05, 0.1) is 18.8 Å². The van der Waals surface area contributed by atoms with Crippen LogP contribution in [0.1, 0.15) is 39.5 Å². The van der Waals surface area contributed by atoms with Gasteiger partial charge in [-0.1, -0.05) is 20.3 Å². The lowest BCUT2D eigenvalue weighted by Crippen LogP contribution is -2.39. The summed E-state index contributed by atoms with van der Waals surface area (Å²) in [4.78, 5) is 2.30. The van der Waals surface area contributed by atoms with Gasteiger partial charge in [-0.25, -0.2) is 0 Å². The summed E-state index contributed by atoms with van der Waals surface area (Å²) in [5.74, 6) is 0. The number of unbranched alkanes of at least 4 members (excludes halogenated alkanes) is 1. The zero-order chi connectivity index (χ0) is 13.2. The Morgan fingerprint density at radius 2 is 2.28 bits per heavy atom. The molecule has 0 spiro atoms. The van der Waals surface area contributed by atoms with E-state index in [-0.39, 0.29) is 6.10 Å². The van der Waals surface area contributed by atoms with Gasteiger partial charge in [0.15, 0.2) is 0 Å². The predicted molar refractivity (Wildman–Crippen MR) is 72.8 cm³/mol. The highest BCUT2D eigenvalue weighted by Gasteiger charge is 2.19. The minimum Gasteiger partial charge on any atom is -0.389 e. The molecule has 1 aliphatic rings. The molecular weight excluding hydrogens is 230 g/mol. The van der Waals surface area contributed by atoms with E-state index in [2.05, 4.69) is 18.7 Å². The summed E-state index contributed by atoms with van der Waals surface area (Å²) < 4.78 is 11.2. The molecule has 1 saturated heterocycles. The fraction of sp³-hybridized carbons (Fsp3) is 1.00. The molecule has 4 heteroatoms. The molecule has 1 fully saturated rings. The molecule has 0 aliphatic carbocycles. The second-order valence-electron chi connectivity index (χ2n) is 5.10. The van der Waals surface area contributed by atoms with Gasteiger partial charge in [0.1, 0.15) is 0 Å². The number of β-amino-alcohol motifs (C(OH)–C–C–N with tert-alkyl or cyclic N) is 1. The third kappa shape index (κ3) is 6.69. The predicted octanol–water partition coefficient (Wildman–Crippen LogP) is 1.66. The summed E-state index contributed by atoms with van der Waals surface area (Å²) >= 11 is 0. The number of aliphatic hydroxyl groups excluding tert-OH is 1. The lowest BCUT2D eigenvalue weighted by Gasteiger charge is -2.25. The number of nitrogens with zero attached hydrogens (tertiary/aromatic N) is 1. The van der Waals surface area contributed by atoms with E-state index in [9.17, 15) is 5.11 Å².